The number of pyridine rings is 1. The van der Waals surface area contributed by atoms with E-state index in [4.69, 9.17) is 9.47 Å². The number of hydrogen-bond donors (Lipinski definition) is 1. The van der Waals surface area contributed by atoms with E-state index in [1.807, 2.05) is 24.3 Å². The molecule has 0 radical (unpaired) electrons. The zero-order valence-electron chi connectivity index (χ0n) is 19.3. The van der Waals surface area contributed by atoms with Crippen LogP contribution in [0.3, 0.4) is 0 Å². The molecule has 3 heterocycles. The van der Waals surface area contributed by atoms with E-state index >= 15 is 0 Å². The number of nitrogens with zero attached hydrogens (tertiary/aromatic N) is 3. The van der Waals surface area contributed by atoms with Gasteiger partial charge in [0.15, 0.2) is 0 Å². The topological polar surface area (TPSA) is 75.1 Å². The quantitative estimate of drug-likeness (QED) is 0.611. The van der Waals surface area contributed by atoms with Gasteiger partial charge in [-0.05, 0) is 35.7 Å². The Morgan fingerprint density at radius 2 is 1.91 bits per heavy atom. The molecule has 0 fully saturated rings. The summed E-state index contributed by atoms with van der Waals surface area (Å²) in [6, 6.07) is 19.5. The SMILES string of the molecule is COc1cccc(-c2ccc3c(c2)OCCN(CC(O)CN2CCc4ccccc4C2)C3=O)n1. The molecular weight excluding hydrogens is 430 g/mol. The molecule has 1 N–H and O–H groups in total. The zero-order valence-corrected chi connectivity index (χ0v) is 19.3. The van der Waals surface area contributed by atoms with E-state index in [1.54, 1.807) is 24.1 Å². The van der Waals surface area contributed by atoms with Crippen LogP contribution < -0.4 is 9.47 Å². The summed E-state index contributed by atoms with van der Waals surface area (Å²) in [5.41, 5.74) is 4.80. The second-order valence-electron chi connectivity index (χ2n) is 8.78. The maximum atomic E-state index is 13.3. The molecule has 1 unspecified atom stereocenters. The first kappa shape index (κ1) is 22.4. The summed E-state index contributed by atoms with van der Waals surface area (Å²) in [6.07, 6.45) is 0.355. The molecule has 2 aliphatic heterocycles. The number of carbonyl (C=O) groups excluding carboxylic acids is 1. The minimum absolute atomic E-state index is 0.124. The molecule has 3 aromatic rings. The van der Waals surface area contributed by atoms with Crippen LogP contribution in [-0.4, -0.2) is 71.8 Å². The van der Waals surface area contributed by atoms with E-state index in [0.717, 1.165) is 30.8 Å². The van der Waals surface area contributed by atoms with E-state index in [1.165, 1.54) is 11.1 Å². The van der Waals surface area contributed by atoms with Crippen LogP contribution in [0.4, 0.5) is 0 Å². The molecule has 1 atom stereocenters. The van der Waals surface area contributed by atoms with Crippen LogP contribution in [0.15, 0.2) is 60.7 Å². The minimum atomic E-state index is -0.629. The van der Waals surface area contributed by atoms with E-state index in [0.29, 0.717) is 36.9 Å². The summed E-state index contributed by atoms with van der Waals surface area (Å²) >= 11 is 0. The minimum Gasteiger partial charge on any atom is -0.491 e. The van der Waals surface area contributed by atoms with Crippen molar-refractivity contribution in [2.45, 2.75) is 19.1 Å². The van der Waals surface area contributed by atoms with Gasteiger partial charge < -0.3 is 19.5 Å². The lowest BCUT2D eigenvalue weighted by Gasteiger charge is -2.32. The van der Waals surface area contributed by atoms with Crippen molar-refractivity contribution >= 4 is 5.91 Å². The van der Waals surface area contributed by atoms with E-state index in [-0.39, 0.29) is 12.5 Å². The Kier molecular flexibility index (Phi) is 6.47. The predicted molar refractivity (Wildman–Crippen MR) is 129 cm³/mol. The molecule has 34 heavy (non-hydrogen) atoms. The number of ether oxygens (including phenoxy) is 2. The number of benzene rings is 2. The summed E-state index contributed by atoms with van der Waals surface area (Å²) < 4.78 is 11.1. The van der Waals surface area contributed by atoms with Crippen LogP contribution in [-0.2, 0) is 13.0 Å². The normalized spacial score (nSPS) is 16.8. The molecule has 1 amide bonds. The summed E-state index contributed by atoms with van der Waals surface area (Å²) in [4.78, 5) is 21.7. The Morgan fingerprint density at radius 3 is 2.76 bits per heavy atom. The average Bonchev–Trinajstić information content (AvgIpc) is 3.02. The number of aliphatic hydroxyl groups excluding tert-OH is 1. The van der Waals surface area contributed by atoms with Gasteiger partial charge in [0.2, 0.25) is 5.88 Å². The molecule has 1 aromatic heterocycles. The van der Waals surface area contributed by atoms with Gasteiger partial charge in [0.1, 0.15) is 12.4 Å². The number of amides is 1. The van der Waals surface area contributed by atoms with Crippen molar-refractivity contribution < 1.29 is 19.4 Å². The van der Waals surface area contributed by atoms with Gasteiger partial charge >= 0.3 is 0 Å². The van der Waals surface area contributed by atoms with Crippen molar-refractivity contribution in [3.05, 3.63) is 77.4 Å². The summed E-state index contributed by atoms with van der Waals surface area (Å²) in [6.45, 7) is 3.35. The first-order chi connectivity index (χ1) is 16.6. The lowest BCUT2D eigenvalue weighted by Crippen LogP contribution is -2.44. The van der Waals surface area contributed by atoms with Gasteiger partial charge in [-0.1, -0.05) is 36.4 Å². The number of rotatable bonds is 6. The van der Waals surface area contributed by atoms with Crippen molar-refractivity contribution in [2.24, 2.45) is 0 Å². The monoisotopic (exact) mass is 459 g/mol. The highest BCUT2D eigenvalue weighted by molar-refractivity contribution is 5.98. The summed E-state index contributed by atoms with van der Waals surface area (Å²) in [5.74, 6) is 0.944. The molecule has 2 aliphatic rings. The van der Waals surface area contributed by atoms with Crippen LogP contribution in [0.2, 0.25) is 0 Å². The molecule has 2 aromatic carbocycles. The summed E-state index contributed by atoms with van der Waals surface area (Å²) in [5, 5.41) is 10.8. The molecule has 0 aliphatic carbocycles. The Labute approximate surface area is 199 Å². The Morgan fingerprint density at radius 1 is 1.06 bits per heavy atom. The van der Waals surface area contributed by atoms with Crippen LogP contribution >= 0.6 is 0 Å². The fourth-order valence-corrected chi connectivity index (χ4v) is 4.70. The average molecular weight is 460 g/mol. The molecule has 176 valence electrons. The summed E-state index contributed by atoms with van der Waals surface area (Å²) in [7, 11) is 1.58. The molecule has 5 rings (SSSR count). The van der Waals surface area contributed by atoms with E-state index < -0.39 is 6.10 Å². The van der Waals surface area contributed by atoms with Crippen LogP contribution in [0.5, 0.6) is 11.6 Å². The van der Waals surface area contributed by atoms with E-state index in [2.05, 4.69) is 34.1 Å². The molecule has 0 spiro atoms. The van der Waals surface area contributed by atoms with Gasteiger partial charge in [-0.2, -0.15) is 0 Å². The molecule has 7 heteroatoms. The van der Waals surface area contributed by atoms with Gasteiger partial charge in [0, 0.05) is 37.8 Å². The maximum absolute atomic E-state index is 13.3. The van der Waals surface area contributed by atoms with Crippen molar-refractivity contribution in [1.82, 2.24) is 14.8 Å². The molecular formula is C27H29N3O4. The third kappa shape index (κ3) is 4.76. The first-order valence-electron chi connectivity index (χ1n) is 11.7. The Balaban J connectivity index is 1.26. The highest BCUT2D eigenvalue weighted by atomic mass is 16.5. The number of carbonyl (C=O) groups is 1. The molecule has 7 nitrogen and oxygen atoms in total. The number of methoxy groups -OCH3 is 1. The van der Waals surface area contributed by atoms with Gasteiger partial charge in [-0.25, -0.2) is 4.98 Å². The van der Waals surface area contributed by atoms with Gasteiger partial charge in [0.05, 0.1) is 31.0 Å². The maximum Gasteiger partial charge on any atom is 0.257 e. The molecule has 0 saturated heterocycles. The standard InChI is InChI=1S/C27H29N3O4/c1-33-26-8-4-7-24(28-26)20-9-10-23-25(15-20)34-14-13-30(27(23)32)18-22(31)17-29-12-11-19-5-2-3-6-21(19)16-29/h2-10,15,22,31H,11-14,16-18H2,1H3. The third-order valence-electron chi connectivity index (χ3n) is 6.46. The van der Waals surface area contributed by atoms with E-state index in [9.17, 15) is 9.90 Å². The van der Waals surface area contributed by atoms with Gasteiger partial charge in [0.25, 0.3) is 5.91 Å². The number of aromatic nitrogens is 1. The number of fused-ring (bicyclic) bond motifs is 2. The van der Waals surface area contributed by atoms with Crippen LogP contribution in [0, 0.1) is 0 Å². The van der Waals surface area contributed by atoms with Crippen molar-refractivity contribution in [1.29, 1.82) is 0 Å². The fourth-order valence-electron chi connectivity index (χ4n) is 4.70. The largest absolute Gasteiger partial charge is 0.491 e. The third-order valence-corrected chi connectivity index (χ3v) is 6.46. The fraction of sp³-hybridized carbons (Fsp3) is 0.333. The highest BCUT2D eigenvalue weighted by Crippen LogP contribution is 2.30. The lowest BCUT2D eigenvalue weighted by atomic mass is 10.00. The Bertz CT molecular complexity index is 1180. The smallest absolute Gasteiger partial charge is 0.257 e. The number of hydrogen-bond acceptors (Lipinski definition) is 6. The number of β-amino-alcohol motifs (C(OH)–C–C–N with tert-alkyl or cyclic N) is 1. The zero-order chi connectivity index (χ0) is 23.5. The predicted octanol–water partition coefficient (Wildman–Crippen LogP) is 3.01. The lowest BCUT2D eigenvalue weighted by molar-refractivity contribution is 0.0501. The van der Waals surface area contributed by atoms with Crippen LogP contribution in [0.1, 0.15) is 21.5 Å². The van der Waals surface area contributed by atoms with Crippen molar-refractivity contribution in [2.75, 3.05) is 39.9 Å². The molecule has 0 bridgehead atoms. The number of aliphatic hydroxyl groups is 1. The van der Waals surface area contributed by atoms with Gasteiger partial charge in [-0.3, -0.25) is 9.69 Å². The van der Waals surface area contributed by atoms with Crippen molar-refractivity contribution in [3.63, 3.8) is 0 Å². The first-order valence-corrected chi connectivity index (χ1v) is 11.7. The van der Waals surface area contributed by atoms with Crippen LogP contribution in [0.25, 0.3) is 11.3 Å². The highest BCUT2D eigenvalue weighted by Gasteiger charge is 2.27. The van der Waals surface area contributed by atoms with Crippen molar-refractivity contribution in [3.8, 4) is 22.9 Å². The second kappa shape index (κ2) is 9.83. The molecule has 0 saturated carbocycles. The van der Waals surface area contributed by atoms with Gasteiger partial charge in [-0.15, -0.1) is 0 Å². The Hall–Kier alpha value is -3.42. The second-order valence-corrected chi connectivity index (χ2v) is 8.78.